The van der Waals surface area contributed by atoms with E-state index in [1.165, 1.54) is 5.56 Å². The molecule has 1 amide bonds. The summed E-state index contributed by atoms with van der Waals surface area (Å²) in [4.78, 5) is 24.6. The first kappa shape index (κ1) is 20.9. The maximum absolute atomic E-state index is 12.5. The Labute approximate surface area is 171 Å². The second-order valence-electron chi connectivity index (χ2n) is 7.43. The molecule has 6 nitrogen and oxygen atoms in total. The van der Waals surface area contributed by atoms with E-state index in [1.807, 2.05) is 62.4 Å². The lowest BCUT2D eigenvalue weighted by molar-refractivity contribution is -0.152. The van der Waals surface area contributed by atoms with Crippen LogP contribution in [0.1, 0.15) is 31.4 Å². The molecule has 1 heterocycles. The molecule has 154 valence electrons. The van der Waals surface area contributed by atoms with Crippen molar-refractivity contribution in [1.82, 2.24) is 5.32 Å². The van der Waals surface area contributed by atoms with E-state index < -0.39 is 24.4 Å². The van der Waals surface area contributed by atoms with Crippen molar-refractivity contribution in [3.05, 3.63) is 71.8 Å². The largest absolute Gasteiger partial charge is 0.445 e. The average Bonchev–Trinajstić information content (AvgIpc) is 3.47. The molecule has 0 bridgehead atoms. The quantitative estimate of drug-likeness (QED) is 0.514. The maximum Gasteiger partial charge on any atom is 0.408 e. The van der Waals surface area contributed by atoms with E-state index in [1.54, 1.807) is 0 Å². The minimum absolute atomic E-state index is 0.1000. The molecule has 1 aliphatic rings. The molecule has 3 atom stereocenters. The van der Waals surface area contributed by atoms with Crippen LogP contribution in [0.5, 0.6) is 0 Å². The SMILES string of the molecule is CC(C)[C@H](NC(=O)OCc1ccccc1)C(=O)O[C@H]1O[C@@H]1CCc1ccccc1. The van der Waals surface area contributed by atoms with Gasteiger partial charge in [-0.05, 0) is 29.9 Å². The molecule has 1 saturated heterocycles. The van der Waals surface area contributed by atoms with Crippen LogP contribution < -0.4 is 5.32 Å². The molecule has 0 spiro atoms. The molecule has 2 aromatic rings. The van der Waals surface area contributed by atoms with E-state index in [2.05, 4.69) is 17.4 Å². The van der Waals surface area contributed by atoms with Gasteiger partial charge in [-0.3, -0.25) is 0 Å². The summed E-state index contributed by atoms with van der Waals surface area (Å²) in [5.41, 5.74) is 2.09. The highest BCUT2D eigenvalue weighted by atomic mass is 16.8. The summed E-state index contributed by atoms with van der Waals surface area (Å²) in [5.74, 6) is -0.655. The first-order chi connectivity index (χ1) is 14.0. The van der Waals surface area contributed by atoms with Crippen LogP contribution in [0.2, 0.25) is 0 Å². The fourth-order valence-electron chi connectivity index (χ4n) is 2.97. The van der Waals surface area contributed by atoms with Crippen LogP contribution in [-0.2, 0) is 32.0 Å². The van der Waals surface area contributed by atoms with Crippen molar-refractivity contribution >= 4 is 12.1 Å². The van der Waals surface area contributed by atoms with Crippen LogP contribution in [0.15, 0.2) is 60.7 Å². The third-order valence-corrected chi connectivity index (χ3v) is 4.74. The zero-order valence-electron chi connectivity index (χ0n) is 16.7. The molecule has 29 heavy (non-hydrogen) atoms. The number of benzene rings is 2. The average molecular weight is 397 g/mol. The van der Waals surface area contributed by atoms with Crippen molar-refractivity contribution in [2.75, 3.05) is 0 Å². The number of hydrogen-bond acceptors (Lipinski definition) is 5. The summed E-state index contributed by atoms with van der Waals surface area (Å²) >= 11 is 0. The molecule has 1 fully saturated rings. The van der Waals surface area contributed by atoms with E-state index in [0.29, 0.717) is 0 Å². The summed E-state index contributed by atoms with van der Waals surface area (Å²) in [6.07, 6.45) is 0.339. The van der Waals surface area contributed by atoms with Gasteiger partial charge >= 0.3 is 12.1 Å². The molecule has 1 N–H and O–H groups in total. The van der Waals surface area contributed by atoms with E-state index in [9.17, 15) is 9.59 Å². The third kappa shape index (κ3) is 6.61. The lowest BCUT2D eigenvalue weighted by Gasteiger charge is -2.20. The number of aryl methyl sites for hydroxylation is 1. The van der Waals surface area contributed by atoms with Crippen LogP contribution in [0.25, 0.3) is 0 Å². The Bertz CT molecular complexity index is 793. The topological polar surface area (TPSA) is 77.2 Å². The van der Waals surface area contributed by atoms with Gasteiger partial charge in [0.05, 0.1) is 0 Å². The Morgan fingerprint density at radius 2 is 1.62 bits per heavy atom. The fraction of sp³-hybridized carbons (Fsp3) is 0.391. The molecule has 0 aliphatic carbocycles. The molecular weight excluding hydrogens is 370 g/mol. The van der Waals surface area contributed by atoms with Crippen molar-refractivity contribution in [2.24, 2.45) is 5.92 Å². The van der Waals surface area contributed by atoms with Gasteiger partial charge in [0, 0.05) is 0 Å². The zero-order valence-corrected chi connectivity index (χ0v) is 16.7. The van der Waals surface area contributed by atoms with Gasteiger partial charge in [-0.25, -0.2) is 9.59 Å². The highest BCUT2D eigenvalue weighted by molar-refractivity contribution is 5.81. The summed E-state index contributed by atoms with van der Waals surface area (Å²) < 4.78 is 16.1. The molecule has 0 unspecified atom stereocenters. The number of nitrogens with one attached hydrogen (secondary N) is 1. The van der Waals surface area contributed by atoms with Gasteiger partial charge in [-0.15, -0.1) is 0 Å². The predicted octanol–water partition coefficient (Wildman–Crippen LogP) is 3.84. The molecule has 2 aromatic carbocycles. The standard InChI is InChI=1S/C23H27NO5/c1-16(2)20(24-23(26)27-15-18-11-7-4-8-12-18)21(25)29-22-19(28-22)14-13-17-9-5-3-6-10-17/h3-12,16,19-20,22H,13-15H2,1-2H3,(H,24,26)/t19-,20+,22-/m1/s1. The number of ether oxygens (including phenoxy) is 3. The van der Waals surface area contributed by atoms with E-state index in [-0.39, 0.29) is 18.6 Å². The second-order valence-corrected chi connectivity index (χ2v) is 7.43. The highest BCUT2D eigenvalue weighted by Crippen LogP contribution is 2.28. The second kappa shape index (κ2) is 10.1. The minimum atomic E-state index is -0.794. The molecule has 0 radical (unpaired) electrons. The lowest BCUT2D eigenvalue weighted by atomic mass is 10.1. The monoisotopic (exact) mass is 397 g/mol. The Kier molecular flexibility index (Phi) is 7.25. The minimum Gasteiger partial charge on any atom is -0.445 e. The smallest absolute Gasteiger partial charge is 0.408 e. The van der Waals surface area contributed by atoms with Gasteiger partial charge in [0.2, 0.25) is 6.29 Å². The summed E-state index contributed by atoms with van der Waals surface area (Å²) in [7, 11) is 0. The Hall–Kier alpha value is -2.86. The molecular formula is C23H27NO5. The van der Waals surface area contributed by atoms with Gasteiger partial charge in [-0.1, -0.05) is 74.5 Å². The van der Waals surface area contributed by atoms with Crippen molar-refractivity contribution < 1.29 is 23.8 Å². The maximum atomic E-state index is 12.5. The number of carbonyl (C=O) groups is 2. The van der Waals surface area contributed by atoms with Crippen LogP contribution in [0, 0.1) is 5.92 Å². The molecule has 0 aromatic heterocycles. The van der Waals surface area contributed by atoms with Crippen molar-refractivity contribution in [2.45, 2.75) is 51.7 Å². The molecule has 6 heteroatoms. The predicted molar refractivity (Wildman–Crippen MR) is 108 cm³/mol. The third-order valence-electron chi connectivity index (χ3n) is 4.74. The Balaban J connectivity index is 1.41. The van der Waals surface area contributed by atoms with Gasteiger partial charge in [-0.2, -0.15) is 0 Å². The number of amides is 1. The summed E-state index contributed by atoms with van der Waals surface area (Å²) in [5, 5.41) is 2.60. The van der Waals surface area contributed by atoms with Crippen LogP contribution in [0.4, 0.5) is 4.79 Å². The van der Waals surface area contributed by atoms with Crippen molar-refractivity contribution in [3.63, 3.8) is 0 Å². The number of hydrogen-bond donors (Lipinski definition) is 1. The Morgan fingerprint density at radius 3 is 2.24 bits per heavy atom. The van der Waals surface area contributed by atoms with Crippen molar-refractivity contribution in [1.29, 1.82) is 0 Å². The van der Waals surface area contributed by atoms with E-state index in [0.717, 1.165) is 18.4 Å². The van der Waals surface area contributed by atoms with E-state index >= 15 is 0 Å². The normalized spacial score (nSPS) is 18.7. The van der Waals surface area contributed by atoms with Crippen LogP contribution >= 0.6 is 0 Å². The lowest BCUT2D eigenvalue weighted by Crippen LogP contribution is -2.45. The van der Waals surface area contributed by atoms with Crippen LogP contribution in [0.3, 0.4) is 0 Å². The first-order valence-electron chi connectivity index (χ1n) is 9.90. The summed E-state index contributed by atoms with van der Waals surface area (Å²) in [6.45, 7) is 3.81. The first-order valence-corrected chi connectivity index (χ1v) is 9.90. The van der Waals surface area contributed by atoms with Crippen molar-refractivity contribution in [3.8, 4) is 0 Å². The number of alkyl carbamates (subject to hydrolysis) is 1. The van der Waals surface area contributed by atoms with Gasteiger partial charge in [0.25, 0.3) is 0 Å². The Morgan fingerprint density at radius 1 is 1.00 bits per heavy atom. The molecule has 0 saturated carbocycles. The zero-order chi connectivity index (χ0) is 20.6. The molecule has 3 rings (SSSR count). The number of rotatable bonds is 9. The molecule has 1 aliphatic heterocycles. The van der Waals surface area contributed by atoms with Crippen LogP contribution in [-0.4, -0.2) is 30.5 Å². The number of epoxide rings is 1. The van der Waals surface area contributed by atoms with Gasteiger partial charge in [0.1, 0.15) is 18.8 Å². The fourth-order valence-corrected chi connectivity index (χ4v) is 2.97. The van der Waals surface area contributed by atoms with Gasteiger partial charge < -0.3 is 19.5 Å². The van der Waals surface area contributed by atoms with Gasteiger partial charge in [0.15, 0.2) is 0 Å². The highest BCUT2D eigenvalue weighted by Gasteiger charge is 2.43. The summed E-state index contributed by atoms with van der Waals surface area (Å²) in [6, 6.07) is 18.6. The number of carbonyl (C=O) groups excluding carboxylic acids is 2. The number of esters is 1. The van der Waals surface area contributed by atoms with E-state index in [4.69, 9.17) is 14.2 Å².